The number of hydrogen-bond donors (Lipinski definition) is 1. The predicted octanol–water partition coefficient (Wildman–Crippen LogP) is 4.11. The summed E-state index contributed by atoms with van der Waals surface area (Å²) in [5.41, 5.74) is 4.19. The maximum Gasteiger partial charge on any atom is 0.262 e. The average molecular weight is 447 g/mol. The molecule has 33 heavy (non-hydrogen) atoms. The molecule has 0 aliphatic heterocycles. The van der Waals surface area contributed by atoms with Crippen molar-refractivity contribution in [3.63, 3.8) is 0 Å². The summed E-state index contributed by atoms with van der Waals surface area (Å²) in [6.45, 7) is 5.67. The van der Waals surface area contributed by atoms with Crippen LogP contribution in [0.4, 0.5) is 5.69 Å². The Bertz CT molecular complexity index is 1310. The molecule has 4 rings (SSSR count). The van der Waals surface area contributed by atoms with E-state index in [-0.39, 0.29) is 12.5 Å². The zero-order valence-corrected chi connectivity index (χ0v) is 19.2. The van der Waals surface area contributed by atoms with Crippen molar-refractivity contribution in [1.82, 2.24) is 19.7 Å². The highest BCUT2D eigenvalue weighted by atomic mass is 16.5. The number of anilines is 1. The van der Waals surface area contributed by atoms with E-state index in [9.17, 15) is 4.79 Å². The van der Waals surface area contributed by atoms with E-state index < -0.39 is 0 Å². The van der Waals surface area contributed by atoms with Gasteiger partial charge in [-0.15, -0.1) is 5.10 Å². The van der Waals surface area contributed by atoms with Gasteiger partial charge in [0.15, 0.2) is 23.8 Å². The van der Waals surface area contributed by atoms with E-state index in [0.29, 0.717) is 34.6 Å². The quantitative estimate of drug-likeness (QED) is 0.455. The number of nitrogens with one attached hydrogen (secondary N) is 1. The molecule has 9 heteroatoms. The monoisotopic (exact) mass is 447 g/mol. The van der Waals surface area contributed by atoms with E-state index >= 15 is 0 Å². The summed E-state index contributed by atoms with van der Waals surface area (Å²) in [5.74, 6) is 1.60. The molecule has 3 aromatic heterocycles. The van der Waals surface area contributed by atoms with Crippen molar-refractivity contribution in [2.24, 2.45) is 7.05 Å². The number of amides is 1. The SMILES string of the molecule is COc1cc(C)ccc1Oc1ccc(NC(=O)COc2nn(C)c3nc(C)cc(C)c23)cn1. The van der Waals surface area contributed by atoms with Crippen LogP contribution in [0.5, 0.6) is 23.3 Å². The number of hydrogen-bond acceptors (Lipinski definition) is 7. The molecule has 1 aromatic carbocycles. The molecule has 0 spiro atoms. The minimum atomic E-state index is -0.331. The fourth-order valence-electron chi connectivity index (χ4n) is 3.47. The Hall–Kier alpha value is -4.14. The first-order valence-electron chi connectivity index (χ1n) is 10.4. The normalized spacial score (nSPS) is 10.8. The molecule has 0 unspecified atom stereocenters. The summed E-state index contributed by atoms with van der Waals surface area (Å²) in [4.78, 5) is 21.1. The van der Waals surface area contributed by atoms with Crippen molar-refractivity contribution < 1.29 is 19.0 Å². The first kappa shape index (κ1) is 22.1. The van der Waals surface area contributed by atoms with Gasteiger partial charge in [0.05, 0.1) is 24.4 Å². The zero-order chi connectivity index (χ0) is 23.5. The highest BCUT2D eigenvalue weighted by Crippen LogP contribution is 2.31. The van der Waals surface area contributed by atoms with E-state index in [1.165, 1.54) is 6.20 Å². The van der Waals surface area contributed by atoms with Crippen LogP contribution in [0.15, 0.2) is 42.6 Å². The number of aromatic nitrogens is 4. The van der Waals surface area contributed by atoms with Gasteiger partial charge in [0, 0.05) is 18.8 Å². The highest BCUT2D eigenvalue weighted by molar-refractivity contribution is 5.92. The Morgan fingerprint density at radius 1 is 1.09 bits per heavy atom. The maximum absolute atomic E-state index is 12.4. The van der Waals surface area contributed by atoms with Crippen molar-refractivity contribution in [3.8, 4) is 23.3 Å². The lowest BCUT2D eigenvalue weighted by Crippen LogP contribution is -2.20. The first-order chi connectivity index (χ1) is 15.8. The molecule has 9 nitrogen and oxygen atoms in total. The smallest absolute Gasteiger partial charge is 0.262 e. The molecule has 0 fully saturated rings. The summed E-state index contributed by atoms with van der Waals surface area (Å²) in [5, 5.41) is 7.91. The van der Waals surface area contributed by atoms with Crippen LogP contribution in [-0.4, -0.2) is 39.4 Å². The summed E-state index contributed by atoms with van der Waals surface area (Å²) < 4.78 is 18.5. The number of pyridine rings is 2. The third-order valence-electron chi connectivity index (χ3n) is 4.98. The van der Waals surface area contributed by atoms with E-state index in [1.54, 1.807) is 31.0 Å². The van der Waals surface area contributed by atoms with Gasteiger partial charge in [0.2, 0.25) is 11.8 Å². The van der Waals surface area contributed by atoms with E-state index in [0.717, 1.165) is 22.2 Å². The fourth-order valence-corrected chi connectivity index (χ4v) is 3.47. The third-order valence-corrected chi connectivity index (χ3v) is 4.98. The lowest BCUT2D eigenvalue weighted by molar-refractivity contribution is -0.118. The van der Waals surface area contributed by atoms with Gasteiger partial charge >= 0.3 is 0 Å². The molecular formula is C24H25N5O4. The molecule has 3 heterocycles. The molecule has 0 aliphatic rings. The molecule has 0 saturated heterocycles. The Labute approximate surface area is 191 Å². The maximum atomic E-state index is 12.4. The number of fused-ring (bicyclic) bond motifs is 1. The van der Waals surface area contributed by atoms with Gasteiger partial charge in [-0.25, -0.2) is 14.6 Å². The molecule has 0 radical (unpaired) electrons. The number of carbonyl (C=O) groups excluding carboxylic acids is 1. The molecule has 170 valence electrons. The van der Waals surface area contributed by atoms with Gasteiger partial charge in [0.1, 0.15) is 0 Å². The fraction of sp³-hybridized carbons (Fsp3) is 0.250. The second-order valence-corrected chi connectivity index (χ2v) is 7.69. The molecule has 0 saturated carbocycles. The van der Waals surface area contributed by atoms with Gasteiger partial charge in [0.25, 0.3) is 5.91 Å². The number of benzene rings is 1. The number of nitrogens with zero attached hydrogens (tertiary/aromatic N) is 4. The van der Waals surface area contributed by atoms with Crippen LogP contribution in [0, 0.1) is 20.8 Å². The predicted molar refractivity (Wildman–Crippen MR) is 124 cm³/mol. The molecule has 0 atom stereocenters. The minimum absolute atomic E-state index is 0.196. The standard InChI is InChI=1S/C24H25N5O4/c1-14-6-8-18(19(10-14)31-5)33-21-9-7-17(12-25-21)27-20(30)13-32-24-22-15(2)11-16(3)26-23(22)29(4)28-24/h6-12H,13H2,1-5H3,(H,27,30). The second-order valence-electron chi connectivity index (χ2n) is 7.69. The van der Waals surface area contributed by atoms with E-state index in [4.69, 9.17) is 14.2 Å². The lowest BCUT2D eigenvalue weighted by Gasteiger charge is -2.11. The molecule has 1 N–H and O–H groups in total. The van der Waals surface area contributed by atoms with Crippen molar-refractivity contribution in [2.75, 3.05) is 19.0 Å². The van der Waals surface area contributed by atoms with E-state index in [1.807, 2.05) is 45.0 Å². The second kappa shape index (κ2) is 9.15. The topological polar surface area (TPSA) is 100 Å². The van der Waals surface area contributed by atoms with Crippen LogP contribution in [0.1, 0.15) is 16.8 Å². The van der Waals surface area contributed by atoms with Gasteiger partial charge in [-0.3, -0.25) is 4.79 Å². The average Bonchev–Trinajstić information content (AvgIpc) is 3.10. The van der Waals surface area contributed by atoms with Crippen molar-refractivity contribution >= 4 is 22.6 Å². The Kier molecular flexibility index (Phi) is 6.12. The number of aryl methyl sites for hydroxylation is 4. The minimum Gasteiger partial charge on any atom is -0.493 e. The van der Waals surface area contributed by atoms with Gasteiger partial charge in [-0.2, -0.15) is 0 Å². The summed E-state index contributed by atoms with van der Waals surface area (Å²) in [6.07, 6.45) is 1.51. The van der Waals surface area contributed by atoms with Crippen molar-refractivity contribution in [1.29, 1.82) is 0 Å². The molecular weight excluding hydrogens is 422 g/mol. The molecule has 1 amide bonds. The number of ether oxygens (including phenoxy) is 3. The first-order valence-corrected chi connectivity index (χ1v) is 10.4. The van der Waals surface area contributed by atoms with Crippen molar-refractivity contribution in [2.45, 2.75) is 20.8 Å². The van der Waals surface area contributed by atoms with Crippen molar-refractivity contribution in [3.05, 3.63) is 59.4 Å². The van der Waals surface area contributed by atoms with E-state index in [2.05, 4.69) is 20.4 Å². The lowest BCUT2D eigenvalue weighted by atomic mass is 10.2. The molecule has 0 bridgehead atoms. The molecule has 0 aliphatic carbocycles. The Morgan fingerprint density at radius 3 is 2.64 bits per heavy atom. The van der Waals surface area contributed by atoms with Crippen LogP contribution in [0.3, 0.4) is 0 Å². The van der Waals surface area contributed by atoms with Crippen LogP contribution in [0.25, 0.3) is 11.0 Å². The van der Waals surface area contributed by atoms with Gasteiger partial charge in [-0.1, -0.05) is 6.07 Å². The molecule has 4 aromatic rings. The summed E-state index contributed by atoms with van der Waals surface area (Å²) in [7, 11) is 3.38. The third kappa shape index (κ3) is 4.87. The van der Waals surface area contributed by atoms with Crippen LogP contribution < -0.4 is 19.5 Å². The largest absolute Gasteiger partial charge is 0.493 e. The summed E-state index contributed by atoms with van der Waals surface area (Å²) >= 11 is 0. The van der Waals surface area contributed by atoms with Gasteiger partial charge < -0.3 is 19.5 Å². The number of methoxy groups -OCH3 is 1. The Morgan fingerprint density at radius 2 is 1.91 bits per heavy atom. The zero-order valence-electron chi connectivity index (χ0n) is 19.2. The van der Waals surface area contributed by atoms with Crippen LogP contribution in [0.2, 0.25) is 0 Å². The van der Waals surface area contributed by atoms with Crippen LogP contribution >= 0.6 is 0 Å². The van der Waals surface area contributed by atoms with Gasteiger partial charge in [-0.05, 0) is 56.2 Å². The Balaban J connectivity index is 1.38. The van der Waals surface area contributed by atoms with Crippen LogP contribution in [-0.2, 0) is 11.8 Å². The highest BCUT2D eigenvalue weighted by Gasteiger charge is 2.16. The number of carbonyl (C=O) groups is 1. The summed E-state index contributed by atoms with van der Waals surface area (Å²) in [6, 6.07) is 11.0. The number of rotatable bonds is 7.